The number of amides is 1. The molecule has 2 aromatic rings. The lowest BCUT2D eigenvalue weighted by Gasteiger charge is -2.10. The summed E-state index contributed by atoms with van der Waals surface area (Å²) in [5.41, 5.74) is 12.6. The van der Waals surface area contributed by atoms with Crippen molar-refractivity contribution in [1.82, 2.24) is 0 Å². The third-order valence-electron chi connectivity index (χ3n) is 2.57. The van der Waals surface area contributed by atoms with E-state index in [0.29, 0.717) is 12.4 Å². The summed E-state index contributed by atoms with van der Waals surface area (Å²) in [4.78, 5) is 11.1. The Morgan fingerprint density at radius 2 is 1.78 bits per heavy atom. The minimum atomic E-state index is -0.558. The van der Waals surface area contributed by atoms with Crippen molar-refractivity contribution in [2.24, 2.45) is 5.73 Å². The summed E-state index contributed by atoms with van der Waals surface area (Å²) in [6, 6.07) is 14.7. The average Bonchev–Trinajstić information content (AvgIpc) is 2.38. The van der Waals surface area contributed by atoms with Gasteiger partial charge in [0.15, 0.2) is 0 Å². The van der Waals surface area contributed by atoms with E-state index >= 15 is 0 Å². The monoisotopic (exact) mass is 242 g/mol. The van der Waals surface area contributed by atoms with Gasteiger partial charge < -0.3 is 16.2 Å². The highest BCUT2D eigenvalue weighted by Crippen LogP contribution is 2.25. The summed E-state index contributed by atoms with van der Waals surface area (Å²) in [5, 5.41) is 0. The molecule has 0 radical (unpaired) electrons. The topological polar surface area (TPSA) is 78.3 Å². The zero-order chi connectivity index (χ0) is 13.0. The maximum absolute atomic E-state index is 11.1. The Morgan fingerprint density at radius 1 is 1.06 bits per heavy atom. The number of primary amides is 1. The lowest BCUT2D eigenvalue weighted by molar-refractivity contribution is 0.100. The van der Waals surface area contributed by atoms with E-state index in [0.717, 1.165) is 5.56 Å². The van der Waals surface area contributed by atoms with Gasteiger partial charge in [-0.1, -0.05) is 36.4 Å². The molecule has 4 heteroatoms. The van der Waals surface area contributed by atoms with Crippen LogP contribution in [0.1, 0.15) is 15.9 Å². The van der Waals surface area contributed by atoms with E-state index < -0.39 is 5.91 Å². The number of nitrogens with two attached hydrogens (primary N) is 2. The number of carbonyl (C=O) groups excluding carboxylic acids is 1. The number of hydrogen-bond donors (Lipinski definition) is 2. The van der Waals surface area contributed by atoms with Crippen molar-refractivity contribution in [2.45, 2.75) is 6.61 Å². The van der Waals surface area contributed by atoms with Gasteiger partial charge in [-0.25, -0.2) is 0 Å². The Bertz CT molecular complexity index is 553. The SMILES string of the molecule is NC(=O)c1cccc(OCc2ccccc2)c1N. The van der Waals surface area contributed by atoms with Crippen molar-refractivity contribution in [2.75, 3.05) is 5.73 Å². The first-order chi connectivity index (χ1) is 8.68. The first-order valence-corrected chi connectivity index (χ1v) is 5.53. The second-order valence-electron chi connectivity index (χ2n) is 3.86. The zero-order valence-corrected chi connectivity index (χ0v) is 9.80. The van der Waals surface area contributed by atoms with Crippen LogP contribution in [-0.2, 0) is 6.61 Å². The molecule has 0 saturated carbocycles. The molecule has 0 fully saturated rings. The highest BCUT2D eigenvalue weighted by molar-refractivity contribution is 5.99. The van der Waals surface area contributed by atoms with Gasteiger partial charge in [0.05, 0.1) is 11.3 Å². The van der Waals surface area contributed by atoms with Crippen LogP contribution in [0.4, 0.5) is 5.69 Å². The van der Waals surface area contributed by atoms with Crippen molar-refractivity contribution >= 4 is 11.6 Å². The van der Waals surface area contributed by atoms with E-state index in [2.05, 4.69) is 0 Å². The van der Waals surface area contributed by atoms with Crippen LogP contribution in [0, 0.1) is 0 Å². The van der Waals surface area contributed by atoms with Crippen LogP contribution < -0.4 is 16.2 Å². The second-order valence-corrected chi connectivity index (χ2v) is 3.86. The Hall–Kier alpha value is -2.49. The normalized spacial score (nSPS) is 10.0. The molecule has 0 heterocycles. The number of ether oxygens (including phenoxy) is 1. The van der Waals surface area contributed by atoms with Crippen molar-refractivity contribution in [3.05, 3.63) is 59.7 Å². The van der Waals surface area contributed by atoms with Gasteiger partial charge in [-0.3, -0.25) is 4.79 Å². The molecule has 0 saturated heterocycles. The zero-order valence-electron chi connectivity index (χ0n) is 9.80. The second kappa shape index (κ2) is 5.23. The van der Waals surface area contributed by atoms with Gasteiger partial charge in [-0.2, -0.15) is 0 Å². The first kappa shape index (κ1) is 12.0. The quantitative estimate of drug-likeness (QED) is 0.804. The minimum Gasteiger partial charge on any atom is -0.487 e. The van der Waals surface area contributed by atoms with Crippen LogP contribution in [0.2, 0.25) is 0 Å². The van der Waals surface area contributed by atoms with Crippen LogP contribution in [0.25, 0.3) is 0 Å². The number of nitrogen functional groups attached to an aromatic ring is 1. The molecular formula is C14H14N2O2. The predicted molar refractivity (Wildman–Crippen MR) is 70.1 cm³/mol. The smallest absolute Gasteiger partial charge is 0.250 e. The van der Waals surface area contributed by atoms with Gasteiger partial charge in [-0.15, -0.1) is 0 Å². The summed E-state index contributed by atoms with van der Waals surface area (Å²) in [5.74, 6) is -0.0900. The molecular weight excluding hydrogens is 228 g/mol. The summed E-state index contributed by atoms with van der Waals surface area (Å²) in [6.07, 6.45) is 0. The molecule has 1 amide bonds. The third-order valence-corrected chi connectivity index (χ3v) is 2.57. The van der Waals surface area contributed by atoms with Crippen LogP contribution in [0.3, 0.4) is 0 Å². The van der Waals surface area contributed by atoms with Crippen molar-refractivity contribution < 1.29 is 9.53 Å². The Balaban J connectivity index is 2.15. The molecule has 4 N–H and O–H groups in total. The maximum atomic E-state index is 11.1. The summed E-state index contributed by atoms with van der Waals surface area (Å²) in [7, 11) is 0. The number of rotatable bonds is 4. The fourth-order valence-corrected chi connectivity index (χ4v) is 1.62. The molecule has 2 aromatic carbocycles. The Labute approximate surface area is 105 Å². The summed E-state index contributed by atoms with van der Waals surface area (Å²) >= 11 is 0. The average molecular weight is 242 g/mol. The highest BCUT2D eigenvalue weighted by atomic mass is 16.5. The number of benzene rings is 2. The minimum absolute atomic E-state index is 0.278. The number of para-hydroxylation sites is 1. The van der Waals surface area contributed by atoms with Gasteiger partial charge in [0, 0.05) is 0 Å². The molecule has 18 heavy (non-hydrogen) atoms. The van der Waals surface area contributed by atoms with Crippen LogP contribution in [-0.4, -0.2) is 5.91 Å². The molecule has 0 bridgehead atoms. The Kier molecular flexibility index (Phi) is 3.48. The third kappa shape index (κ3) is 2.60. The lowest BCUT2D eigenvalue weighted by atomic mass is 10.1. The summed E-state index contributed by atoms with van der Waals surface area (Å²) in [6.45, 7) is 0.396. The molecule has 4 nitrogen and oxygen atoms in total. The van der Waals surface area contributed by atoms with Gasteiger partial charge in [0.2, 0.25) is 0 Å². The molecule has 0 aromatic heterocycles. The molecule has 2 rings (SSSR count). The van der Waals surface area contributed by atoms with Crippen LogP contribution in [0.15, 0.2) is 48.5 Å². The number of carbonyl (C=O) groups is 1. The van der Waals surface area contributed by atoms with E-state index in [1.807, 2.05) is 30.3 Å². The number of hydrogen-bond acceptors (Lipinski definition) is 3. The van der Waals surface area contributed by atoms with Crippen molar-refractivity contribution in [3.63, 3.8) is 0 Å². The Morgan fingerprint density at radius 3 is 2.44 bits per heavy atom. The summed E-state index contributed by atoms with van der Waals surface area (Å²) < 4.78 is 5.58. The van der Waals surface area contributed by atoms with Crippen LogP contribution in [0.5, 0.6) is 5.75 Å². The van der Waals surface area contributed by atoms with Gasteiger partial charge in [0.1, 0.15) is 12.4 Å². The van der Waals surface area contributed by atoms with Crippen molar-refractivity contribution in [1.29, 1.82) is 0 Å². The standard InChI is InChI=1S/C14H14N2O2/c15-13-11(14(16)17)7-4-8-12(13)18-9-10-5-2-1-3-6-10/h1-8H,9,15H2,(H2,16,17). The lowest BCUT2D eigenvalue weighted by Crippen LogP contribution is -2.14. The fraction of sp³-hybridized carbons (Fsp3) is 0.0714. The number of anilines is 1. The van der Waals surface area contributed by atoms with Gasteiger partial charge >= 0.3 is 0 Å². The molecule has 0 aliphatic heterocycles. The molecule has 0 aliphatic rings. The van der Waals surface area contributed by atoms with E-state index in [1.54, 1.807) is 18.2 Å². The molecule has 0 unspecified atom stereocenters. The van der Waals surface area contributed by atoms with E-state index in [4.69, 9.17) is 16.2 Å². The molecule has 92 valence electrons. The van der Waals surface area contributed by atoms with Gasteiger partial charge in [-0.05, 0) is 17.7 Å². The fourth-order valence-electron chi connectivity index (χ4n) is 1.62. The highest BCUT2D eigenvalue weighted by Gasteiger charge is 2.10. The predicted octanol–water partition coefficient (Wildman–Crippen LogP) is 1.95. The van der Waals surface area contributed by atoms with E-state index in [9.17, 15) is 4.79 Å². The molecule has 0 atom stereocenters. The first-order valence-electron chi connectivity index (χ1n) is 5.53. The molecule has 0 spiro atoms. The molecule has 0 aliphatic carbocycles. The largest absolute Gasteiger partial charge is 0.487 e. The van der Waals surface area contributed by atoms with Gasteiger partial charge in [0.25, 0.3) is 5.91 Å². The van der Waals surface area contributed by atoms with E-state index in [-0.39, 0.29) is 11.3 Å². The van der Waals surface area contributed by atoms with Crippen LogP contribution >= 0.6 is 0 Å². The maximum Gasteiger partial charge on any atom is 0.250 e. The van der Waals surface area contributed by atoms with E-state index in [1.165, 1.54) is 0 Å². The van der Waals surface area contributed by atoms with Crippen molar-refractivity contribution in [3.8, 4) is 5.75 Å².